The zero-order valence-corrected chi connectivity index (χ0v) is 46.7. The molecule has 3 N–H and O–H groups in total. The quantitative estimate of drug-likeness (QED) is 0.0749. The third-order valence-electron chi connectivity index (χ3n) is 14.6. The number of H-pyrrole nitrogens is 1. The number of rotatable bonds is 13. The van der Waals surface area contributed by atoms with Crippen LogP contribution in [0.4, 0.5) is 8.78 Å². The number of aromatic amines is 1. The van der Waals surface area contributed by atoms with Crippen molar-refractivity contribution in [3.8, 4) is 22.8 Å². The lowest BCUT2D eigenvalue weighted by atomic mass is 9.71. The Hall–Kier alpha value is -7.00. The number of amides is 2. The number of fused-ring (bicyclic) bond motifs is 4. The molecule has 76 heavy (non-hydrogen) atoms. The normalized spacial score (nSPS) is 14.9. The fourth-order valence-electron chi connectivity index (χ4n) is 10.2. The summed E-state index contributed by atoms with van der Waals surface area (Å²) in [6.45, 7) is 7.85. The molecule has 2 saturated carbocycles. The van der Waals surface area contributed by atoms with Crippen molar-refractivity contribution in [2.75, 3.05) is 6.61 Å². The van der Waals surface area contributed by atoms with Gasteiger partial charge in [-0.1, -0.05) is 75.8 Å². The van der Waals surface area contributed by atoms with E-state index in [1.807, 2.05) is 34.9 Å². The van der Waals surface area contributed by atoms with Crippen molar-refractivity contribution >= 4 is 95.9 Å². The zero-order chi connectivity index (χ0) is 53.1. The summed E-state index contributed by atoms with van der Waals surface area (Å²) in [7, 11) is 2.27. The van der Waals surface area contributed by atoms with E-state index < -0.39 is 19.2 Å². The zero-order valence-electron chi connectivity index (χ0n) is 42.5. The topological polar surface area (TPSA) is 175 Å². The third kappa shape index (κ3) is 9.86. The SMILES string of the molecule is Cn1nc(-c2cnc3[nH]cc(C(=O)NC4(c5cccc(Br)c5)CCC4)c3n2)c2ccc(F)cc21.Cn1nc(-c2cnc3c(n2)c(C(=O)NC2(c4cccc(Br)c4)CCC2)cn3COCC[Si](C)(C)C)c2ccc(F)cc21. The number of aromatic nitrogens is 10. The lowest BCUT2D eigenvalue weighted by molar-refractivity contribution is 0.0812. The Morgan fingerprint density at radius 3 is 1.75 bits per heavy atom. The molecule has 0 radical (unpaired) electrons. The summed E-state index contributed by atoms with van der Waals surface area (Å²) < 4.78 is 40.8. The standard InChI is InChI=1S/C31H34BrFN6O2Si.C25H20BrFN6O/c1-38-26-16-22(33)9-10-23(26)27(37-38)25-17-34-29-28(35-25)24(18-39(29)19-41-13-14-42(2,3)4)30(40)36-31(11-6-12-31)20-7-5-8-21(32)15-20;1-33-20-11-16(27)6-7-17(20)21(32-33)19-13-29-23-22(30-19)18(12-28-23)24(34)31-25(8-3-9-25)14-4-2-5-15(26)10-14/h5,7-10,15-18H,6,11-14,19H2,1-4H3,(H,36,40);2,4-7,10-13H,3,8-9H2,1H3,(H,28,29)(H,31,34). The molecular weight excluding hydrogens is 1110 g/mol. The van der Waals surface area contributed by atoms with Crippen molar-refractivity contribution in [3.05, 3.63) is 153 Å². The number of aryl methyl sites for hydroxylation is 2. The van der Waals surface area contributed by atoms with Gasteiger partial charge in [0.2, 0.25) is 0 Å². The molecule has 0 unspecified atom stereocenters. The molecule has 0 atom stereocenters. The van der Waals surface area contributed by atoms with Crippen molar-refractivity contribution < 1.29 is 23.1 Å². The smallest absolute Gasteiger partial charge is 0.255 e. The summed E-state index contributed by atoms with van der Waals surface area (Å²) in [5.41, 5.74) is 7.73. The van der Waals surface area contributed by atoms with Crippen LogP contribution in [0.3, 0.4) is 0 Å². The molecule has 4 aromatic carbocycles. The van der Waals surface area contributed by atoms with Crippen LogP contribution in [0.1, 0.15) is 70.4 Å². The molecular formula is C56H54Br2F2N12O3Si. The second-order valence-corrected chi connectivity index (χ2v) is 28.5. The largest absolute Gasteiger partial charge is 0.361 e. The number of carbonyl (C=O) groups excluding carboxylic acids is 2. The average Bonchev–Trinajstić information content (AvgIpc) is 4.14. The molecule has 2 aliphatic rings. The fraction of sp³-hybridized carbons (Fsp3) is 0.286. The van der Waals surface area contributed by atoms with Gasteiger partial charge < -0.3 is 24.9 Å². The van der Waals surface area contributed by atoms with Gasteiger partial charge in [0.05, 0.1) is 45.6 Å². The predicted octanol–water partition coefficient (Wildman–Crippen LogP) is 12.2. The monoisotopic (exact) mass is 1170 g/mol. The number of nitrogens with one attached hydrogen (secondary N) is 3. The molecule has 12 rings (SSSR count). The van der Waals surface area contributed by atoms with Gasteiger partial charge in [-0.15, -0.1) is 0 Å². The van der Waals surface area contributed by atoms with Crippen molar-refractivity contribution in [2.24, 2.45) is 14.1 Å². The van der Waals surface area contributed by atoms with Crippen LogP contribution in [0, 0.1) is 11.6 Å². The van der Waals surface area contributed by atoms with E-state index in [1.54, 1.807) is 60.4 Å². The van der Waals surface area contributed by atoms with Crippen LogP contribution in [0.25, 0.3) is 66.9 Å². The number of ether oxygens (including phenoxy) is 1. The summed E-state index contributed by atoms with van der Waals surface area (Å²) in [5, 5.41) is 17.3. The van der Waals surface area contributed by atoms with Gasteiger partial charge in [0.25, 0.3) is 11.8 Å². The minimum Gasteiger partial charge on any atom is -0.361 e. The van der Waals surface area contributed by atoms with Crippen molar-refractivity contribution in [2.45, 2.75) is 82.0 Å². The van der Waals surface area contributed by atoms with E-state index in [1.165, 1.54) is 24.3 Å². The molecule has 2 amide bonds. The molecule has 20 heteroatoms. The van der Waals surface area contributed by atoms with Gasteiger partial charge in [0, 0.05) is 60.9 Å². The molecule has 0 saturated heterocycles. The Morgan fingerprint density at radius 1 is 0.711 bits per heavy atom. The first-order valence-corrected chi connectivity index (χ1v) is 30.5. The van der Waals surface area contributed by atoms with Gasteiger partial charge in [-0.3, -0.25) is 19.0 Å². The first-order valence-electron chi connectivity index (χ1n) is 25.2. The highest BCUT2D eigenvalue weighted by Gasteiger charge is 2.42. The Bertz CT molecular complexity index is 3890. The Kier molecular flexibility index (Phi) is 13.6. The second-order valence-electron chi connectivity index (χ2n) is 21.0. The lowest BCUT2D eigenvalue weighted by Crippen LogP contribution is -2.50. The van der Waals surface area contributed by atoms with Crippen LogP contribution in [0.2, 0.25) is 25.7 Å². The molecule has 388 valence electrons. The predicted molar refractivity (Wildman–Crippen MR) is 299 cm³/mol. The maximum absolute atomic E-state index is 14.0. The lowest BCUT2D eigenvalue weighted by Gasteiger charge is -2.43. The second kappa shape index (κ2) is 20.2. The molecule has 6 aromatic heterocycles. The van der Waals surface area contributed by atoms with E-state index in [4.69, 9.17) is 19.7 Å². The van der Waals surface area contributed by atoms with Crippen LogP contribution in [-0.4, -0.2) is 75.5 Å². The van der Waals surface area contributed by atoms with Crippen molar-refractivity contribution in [1.29, 1.82) is 0 Å². The van der Waals surface area contributed by atoms with Crippen LogP contribution in [0.5, 0.6) is 0 Å². The van der Waals surface area contributed by atoms with Gasteiger partial charge in [0.15, 0.2) is 11.3 Å². The summed E-state index contributed by atoms with van der Waals surface area (Å²) in [5.74, 6) is -1.08. The van der Waals surface area contributed by atoms with Crippen LogP contribution in [0.15, 0.2) is 119 Å². The number of hydrogen-bond donors (Lipinski definition) is 3. The molecule has 0 aliphatic heterocycles. The summed E-state index contributed by atoms with van der Waals surface area (Å²) >= 11 is 7.11. The van der Waals surface area contributed by atoms with Crippen LogP contribution in [-0.2, 0) is 36.6 Å². The maximum atomic E-state index is 14.0. The Morgan fingerprint density at radius 2 is 1.24 bits per heavy atom. The highest BCUT2D eigenvalue weighted by atomic mass is 79.9. The number of nitrogens with zero attached hydrogens (tertiary/aromatic N) is 9. The molecule has 2 aliphatic carbocycles. The van der Waals surface area contributed by atoms with Crippen LogP contribution < -0.4 is 10.6 Å². The third-order valence-corrected chi connectivity index (χ3v) is 17.3. The van der Waals surface area contributed by atoms with E-state index in [0.717, 1.165) is 75.4 Å². The highest BCUT2D eigenvalue weighted by Crippen LogP contribution is 2.44. The molecule has 6 heterocycles. The van der Waals surface area contributed by atoms with Gasteiger partial charge in [-0.25, -0.2) is 28.7 Å². The highest BCUT2D eigenvalue weighted by molar-refractivity contribution is 9.10. The molecule has 15 nitrogen and oxygen atoms in total. The molecule has 0 bridgehead atoms. The molecule has 2 fully saturated rings. The number of benzene rings is 4. The van der Waals surface area contributed by atoms with Gasteiger partial charge in [0.1, 0.15) is 52.2 Å². The maximum Gasteiger partial charge on any atom is 0.255 e. The van der Waals surface area contributed by atoms with Crippen LogP contribution >= 0.6 is 31.9 Å². The number of hydrogen-bond acceptors (Lipinski definition) is 9. The first kappa shape index (κ1) is 51.1. The summed E-state index contributed by atoms with van der Waals surface area (Å²) in [6, 6.07) is 26.3. The summed E-state index contributed by atoms with van der Waals surface area (Å²) in [4.78, 5) is 49.3. The summed E-state index contributed by atoms with van der Waals surface area (Å²) in [6.07, 6.45) is 12.3. The number of carbonyl (C=O) groups is 2. The van der Waals surface area contributed by atoms with Gasteiger partial charge in [-0.05, 0) is 116 Å². The van der Waals surface area contributed by atoms with E-state index in [0.29, 0.717) is 73.9 Å². The Labute approximate surface area is 454 Å². The minimum absolute atomic E-state index is 0.203. The molecule has 0 spiro atoms. The van der Waals surface area contributed by atoms with E-state index >= 15 is 0 Å². The minimum atomic E-state index is -1.25. The van der Waals surface area contributed by atoms with E-state index in [-0.39, 0.29) is 30.2 Å². The van der Waals surface area contributed by atoms with Gasteiger partial charge >= 0.3 is 0 Å². The fourth-order valence-corrected chi connectivity index (χ4v) is 11.7. The Balaban J connectivity index is 0.000000166. The average molecular weight is 1170 g/mol. The molecule has 10 aromatic rings. The number of halogens is 4. The van der Waals surface area contributed by atoms with Gasteiger partial charge in [-0.2, -0.15) is 10.2 Å². The van der Waals surface area contributed by atoms with E-state index in [2.05, 4.69) is 100 Å². The van der Waals surface area contributed by atoms with Crippen molar-refractivity contribution in [3.63, 3.8) is 0 Å². The van der Waals surface area contributed by atoms with Crippen molar-refractivity contribution in [1.82, 2.24) is 59.7 Å². The van der Waals surface area contributed by atoms with E-state index in [9.17, 15) is 18.4 Å². The first-order chi connectivity index (χ1) is 36.5.